The molecule has 2 aromatic carbocycles. The number of benzene rings is 2. The number of esters is 1. The maximum Gasteiger partial charge on any atom is 0.312 e. The molecule has 0 unspecified atom stereocenters. The Balaban J connectivity index is 1.91. The molecule has 1 atom stereocenters. The standard InChI is InChI=1S/C18H17Cl2N3O4/c19-11-5-7-12(8-6-11)22-16(24)10-27-17(25)9-15(23-18(21)26)13-3-1-2-4-14(13)20/h1-8,15H,9-10H2,(H,22,24)(H3,21,23,26)/t15-/m1/s1. The fourth-order valence-electron chi connectivity index (χ4n) is 2.27. The Morgan fingerprint density at radius 2 is 1.70 bits per heavy atom. The molecule has 0 heterocycles. The van der Waals surface area contributed by atoms with Crippen LogP contribution in [0.2, 0.25) is 10.0 Å². The molecule has 0 fully saturated rings. The van der Waals surface area contributed by atoms with Crippen LogP contribution < -0.4 is 16.4 Å². The lowest BCUT2D eigenvalue weighted by Crippen LogP contribution is -2.35. The number of urea groups is 1. The van der Waals surface area contributed by atoms with E-state index in [2.05, 4.69) is 10.6 Å². The number of amides is 3. The van der Waals surface area contributed by atoms with E-state index >= 15 is 0 Å². The maximum absolute atomic E-state index is 12.1. The van der Waals surface area contributed by atoms with Gasteiger partial charge in [0.2, 0.25) is 0 Å². The van der Waals surface area contributed by atoms with Gasteiger partial charge in [0.15, 0.2) is 6.61 Å². The second-order valence-corrected chi connectivity index (χ2v) is 6.35. The van der Waals surface area contributed by atoms with Gasteiger partial charge in [0.25, 0.3) is 5.91 Å². The van der Waals surface area contributed by atoms with Crippen molar-refractivity contribution >= 4 is 46.8 Å². The Bertz CT molecular complexity index is 828. The average Bonchev–Trinajstić information content (AvgIpc) is 2.61. The summed E-state index contributed by atoms with van der Waals surface area (Å²) in [6.07, 6.45) is -0.235. The van der Waals surface area contributed by atoms with E-state index in [4.69, 9.17) is 33.7 Å². The van der Waals surface area contributed by atoms with E-state index in [1.807, 2.05) is 0 Å². The number of ether oxygens (including phenoxy) is 1. The first kappa shape index (κ1) is 20.5. The summed E-state index contributed by atoms with van der Waals surface area (Å²) in [6.45, 7) is -0.479. The molecule has 0 saturated heterocycles. The van der Waals surface area contributed by atoms with Crippen molar-refractivity contribution in [2.75, 3.05) is 11.9 Å². The Hall–Kier alpha value is -2.77. The van der Waals surface area contributed by atoms with Gasteiger partial charge in [-0.15, -0.1) is 0 Å². The summed E-state index contributed by atoms with van der Waals surface area (Å²) in [5.41, 5.74) is 6.19. The van der Waals surface area contributed by atoms with Crippen LogP contribution in [-0.4, -0.2) is 24.5 Å². The minimum atomic E-state index is -0.812. The highest BCUT2D eigenvalue weighted by molar-refractivity contribution is 6.31. The van der Waals surface area contributed by atoms with E-state index in [0.29, 0.717) is 21.3 Å². The fourth-order valence-corrected chi connectivity index (χ4v) is 2.66. The van der Waals surface area contributed by atoms with Gasteiger partial charge in [-0.2, -0.15) is 0 Å². The molecule has 0 radical (unpaired) electrons. The van der Waals surface area contributed by atoms with E-state index in [9.17, 15) is 14.4 Å². The second kappa shape index (κ2) is 9.80. The number of nitrogens with one attached hydrogen (secondary N) is 2. The third kappa shape index (κ3) is 6.80. The first-order valence-corrected chi connectivity index (χ1v) is 8.62. The highest BCUT2D eigenvalue weighted by Crippen LogP contribution is 2.25. The van der Waals surface area contributed by atoms with Crippen LogP contribution in [0.3, 0.4) is 0 Å². The molecule has 142 valence electrons. The zero-order valence-corrected chi connectivity index (χ0v) is 15.6. The second-order valence-electron chi connectivity index (χ2n) is 5.50. The number of carbonyl (C=O) groups excluding carboxylic acids is 3. The first-order valence-electron chi connectivity index (χ1n) is 7.86. The molecule has 27 heavy (non-hydrogen) atoms. The molecular weight excluding hydrogens is 393 g/mol. The molecule has 0 aliphatic carbocycles. The minimum Gasteiger partial charge on any atom is -0.455 e. The van der Waals surface area contributed by atoms with Gasteiger partial charge in [-0.1, -0.05) is 41.4 Å². The van der Waals surface area contributed by atoms with E-state index < -0.39 is 30.6 Å². The Kier molecular flexibility index (Phi) is 7.45. The number of rotatable bonds is 7. The number of hydrogen-bond donors (Lipinski definition) is 3. The topological polar surface area (TPSA) is 111 Å². The van der Waals surface area contributed by atoms with E-state index in [1.54, 1.807) is 48.5 Å². The lowest BCUT2D eigenvalue weighted by atomic mass is 10.0. The number of hydrogen-bond acceptors (Lipinski definition) is 4. The summed E-state index contributed by atoms with van der Waals surface area (Å²) in [6, 6.07) is 11.6. The summed E-state index contributed by atoms with van der Waals surface area (Å²) < 4.78 is 4.96. The maximum atomic E-state index is 12.1. The monoisotopic (exact) mass is 409 g/mol. The predicted molar refractivity (Wildman–Crippen MR) is 103 cm³/mol. The Morgan fingerprint density at radius 1 is 1.04 bits per heavy atom. The number of nitrogens with two attached hydrogens (primary N) is 1. The van der Waals surface area contributed by atoms with Gasteiger partial charge in [-0.25, -0.2) is 4.79 Å². The van der Waals surface area contributed by atoms with Crippen molar-refractivity contribution in [2.45, 2.75) is 12.5 Å². The van der Waals surface area contributed by atoms with Crippen LogP contribution in [0.25, 0.3) is 0 Å². The SMILES string of the molecule is NC(=O)N[C@H](CC(=O)OCC(=O)Nc1ccc(Cl)cc1)c1ccccc1Cl. The van der Waals surface area contributed by atoms with Crippen molar-refractivity contribution in [1.29, 1.82) is 0 Å². The highest BCUT2D eigenvalue weighted by atomic mass is 35.5. The molecule has 0 bridgehead atoms. The molecule has 2 rings (SSSR count). The number of anilines is 1. The van der Waals surface area contributed by atoms with Gasteiger partial charge in [-0.05, 0) is 35.9 Å². The molecule has 4 N–H and O–H groups in total. The molecule has 0 aliphatic rings. The van der Waals surface area contributed by atoms with Crippen LogP contribution in [0.15, 0.2) is 48.5 Å². The molecule has 3 amide bonds. The summed E-state index contributed by atoms with van der Waals surface area (Å²) in [5, 5.41) is 5.91. The van der Waals surface area contributed by atoms with Crippen LogP contribution in [0, 0.1) is 0 Å². The summed E-state index contributed by atoms with van der Waals surface area (Å²) in [7, 11) is 0. The molecule has 0 aliphatic heterocycles. The molecule has 2 aromatic rings. The summed E-state index contributed by atoms with van der Waals surface area (Å²) >= 11 is 11.9. The highest BCUT2D eigenvalue weighted by Gasteiger charge is 2.21. The number of carbonyl (C=O) groups is 3. The van der Waals surface area contributed by atoms with Crippen molar-refractivity contribution in [3.63, 3.8) is 0 Å². The lowest BCUT2D eigenvalue weighted by Gasteiger charge is -2.18. The number of primary amides is 1. The fraction of sp³-hybridized carbons (Fsp3) is 0.167. The molecule has 9 heteroatoms. The smallest absolute Gasteiger partial charge is 0.312 e. The van der Waals surface area contributed by atoms with E-state index in [1.165, 1.54) is 0 Å². The lowest BCUT2D eigenvalue weighted by molar-refractivity contribution is -0.147. The summed E-state index contributed by atoms with van der Waals surface area (Å²) in [5.74, 6) is -1.21. The van der Waals surface area contributed by atoms with E-state index in [-0.39, 0.29) is 6.42 Å². The van der Waals surface area contributed by atoms with Crippen molar-refractivity contribution in [3.8, 4) is 0 Å². The van der Waals surface area contributed by atoms with Crippen LogP contribution in [0.4, 0.5) is 10.5 Å². The van der Waals surface area contributed by atoms with Crippen LogP contribution >= 0.6 is 23.2 Å². The molecule has 7 nitrogen and oxygen atoms in total. The predicted octanol–water partition coefficient (Wildman–Crippen LogP) is 3.27. The van der Waals surface area contributed by atoms with Crippen LogP contribution in [-0.2, 0) is 14.3 Å². The summed E-state index contributed by atoms with van der Waals surface area (Å²) in [4.78, 5) is 35.1. The third-order valence-corrected chi connectivity index (χ3v) is 4.06. The zero-order chi connectivity index (χ0) is 19.8. The first-order chi connectivity index (χ1) is 12.8. The van der Waals surface area contributed by atoms with Gasteiger partial charge in [-0.3, -0.25) is 9.59 Å². The van der Waals surface area contributed by atoms with Gasteiger partial charge in [0.05, 0.1) is 12.5 Å². The van der Waals surface area contributed by atoms with Crippen molar-refractivity contribution < 1.29 is 19.1 Å². The zero-order valence-electron chi connectivity index (χ0n) is 14.1. The van der Waals surface area contributed by atoms with E-state index in [0.717, 1.165) is 0 Å². The van der Waals surface area contributed by atoms with Crippen LogP contribution in [0.1, 0.15) is 18.0 Å². The quantitative estimate of drug-likeness (QED) is 0.609. The molecule has 0 aromatic heterocycles. The van der Waals surface area contributed by atoms with Crippen molar-refractivity contribution in [2.24, 2.45) is 5.73 Å². The van der Waals surface area contributed by atoms with Gasteiger partial charge < -0.3 is 21.1 Å². The minimum absolute atomic E-state index is 0.235. The van der Waals surface area contributed by atoms with Crippen molar-refractivity contribution in [3.05, 3.63) is 64.1 Å². The van der Waals surface area contributed by atoms with Gasteiger partial charge in [0.1, 0.15) is 0 Å². The number of halogens is 2. The van der Waals surface area contributed by atoms with Gasteiger partial charge >= 0.3 is 12.0 Å². The largest absolute Gasteiger partial charge is 0.455 e. The Morgan fingerprint density at radius 3 is 2.33 bits per heavy atom. The molecule has 0 spiro atoms. The Labute approximate surface area is 165 Å². The molecule has 0 saturated carbocycles. The molecular formula is C18H17Cl2N3O4. The average molecular weight is 410 g/mol. The van der Waals surface area contributed by atoms with Crippen molar-refractivity contribution in [1.82, 2.24) is 5.32 Å². The third-order valence-electron chi connectivity index (χ3n) is 3.46. The normalized spacial score (nSPS) is 11.3. The van der Waals surface area contributed by atoms with Crippen LogP contribution in [0.5, 0.6) is 0 Å². The van der Waals surface area contributed by atoms with Gasteiger partial charge in [0, 0.05) is 15.7 Å².